The third-order valence-electron chi connectivity index (χ3n) is 3.41. The number of nitrogens with zero attached hydrogens (tertiary/aromatic N) is 1. The molecule has 1 unspecified atom stereocenters. The SMILES string of the molecule is CCOC(=O)C(C)Cc1ccc(N(CC)CC)cc1O. The van der Waals surface area contributed by atoms with Gasteiger partial charge in [-0.2, -0.15) is 0 Å². The molecule has 20 heavy (non-hydrogen) atoms. The van der Waals surface area contributed by atoms with E-state index in [-0.39, 0.29) is 17.6 Å². The van der Waals surface area contributed by atoms with Crippen molar-refractivity contribution in [2.45, 2.75) is 34.1 Å². The minimum Gasteiger partial charge on any atom is -0.508 e. The molecule has 0 heterocycles. The molecule has 0 aliphatic rings. The molecule has 0 spiro atoms. The van der Waals surface area contributed by atoms with Crippen LogP contribution in [0.5, 0.6) is 5.75 Å². The van der Waals surface area contributed by atoms with Crippen molar-refractivity contribution < 1.29 is 14.6 Å². The van der Waals surface area contributed by atoms with Crippen LogP contribution in [0.3, 0.4) is 0 Å². The lowest BCUT2D eigenvalue weighted by atomic mass is 10.00. The molecule has 1 aromatic carbocycles. The quantitative estimate of drug-likeness (QED) is 0.780. The van der Waals surface area contributed by atoms with Gasteiger partial charge in [-0.05, 0) is 38.8 Å². The zero-order valence-electron chi connectivity index (χ0n) is 12.8. The molecule has 0 aliphatic carbocycles. The number of phenolic OH excluding ortho intramolecular Hbond substituents is 1. The fourth-order valence-electron chi connectivity index (χ4n) is 2.21. The van der Waals surface area contributed by atoms with E-state index in [4.69, 9.17) is 4.74 Å². The first kappa shape index (κ1) is 16.3. The Balaban J connectivity index is 2.80. The fourth-order valence-corrected chi connectivity index (χ4v) is 2.21. The normalized spacial score (nSPS) is 12.0. The molecule has 0 saturated carbocycles. The van der Waals surface area contributed by atoms with Crippen molar-refractivity contribution >= 4 is 11.7 Å². The smallest absolute Gasteiger partial charge is 0.308 e. The van der Waals surface area contributed by atoms with Gasteiger partial charge >= 0.3 is 5.97 Å². The largest absolute Gasteiger partial charge is 0.508 e. The summed E-state index contributed by atoms with van der Waals surface area (Å²) in [5.74, 6) is -0.231. The number of aromatic hydroxyl groups is 1. The Bertz CT molecular complexity index is 441. The number of carbonyl (C=O) groups is 1. The van der Waals surface area contributed by atoms with Crippen molar-refractivity contribution in [3.05, 3.63) is 23.8 Å². The van der Waals surface area contributed by atoms with Crippen molar-refractivity contribution in [2.24, 2.45) is 5.92 Å². The van der Waals surface area contributed by atoms with Crippen molar-refractivity contribution in [1.82, 2.24) is 0 Å². The molecule has 0 radical (unpaired) electrons. The maximum Gasteiger partial charge on any atom is 0.308 e. The van der Waals surface area contributed by atoms with E-state index in [1.54, 1.807) is 13.0 Å². The molecule has 4 nitrogen and oxygen atoms in total. The summed E-state index contributed by atoms with van der Waals surface area (Å²) < 4.78 is 4.98. The van der Waals surface area contributed by atoms with Crippen LogP contribution >= 0.6 is 0 Å². The number of rotatable bonds is 7. The second kappa shape index (κ2) is 7.78. The number of anilines is 1. The van der Waals surface area contributed by atoms with Crippen LogP contribution in [0.15, 0.2) is 18.2 Å². The van der Waals surface area contributed by atoms with E-state index in [9.17, 15) is 9.90 Å². The Morgan fingerprint density at radius 2 is 1.95 bits per heavy atom. The average Bonchev–Trinajstić information content (AvgIpc) is 2.43. The second-order valence-corrected chi connectivity index (χ2v) is 4.84. The molecule has 0 fully saturated rings. The van der Waals surface area contributed by atoms with Gasteiger partial charge < -0.3 is 14.7 Å². The predicted molar refractivity (Wildman–Crippen MR) is 81.2 cm³/mol. The first-order valence-corrected chi connectivity index (χ1v) is 7.26. The number of hydrogen-bond donors (Lipinski definition) is 1. The van der Waals surface area contributed by atoms with E-state index in [2.05, 4.69) is 18.7 Å². The first-order chi connectivity index (χ1) is 9.53. The summed E-state index contributed by atoms with van der Waals surface area (Å²) in [6.07, 6.45) is 0.489. The van der Waals surface area contributed by atoms with Gasteiger partial charge in [0.1, 0.15) is 5.75 Å². The summed E-state index contributed by atoms with van der Waals surface area (Å²) in [4.78, 5) is 13.8. The number of benzene rings is 1. The minimum atomic E-state index is -0.250. The summed E-state index contributed by atoms with van der Waals surface area (Å²) in [6.45, 7) is 9.95. The highest BCUT2D eigenvalue weighted by atomic mass is 16.5. The molecule has 0 bridgehead atoms. The Hall–Kier alpha value is -1.71. The Morgan fingerprint density at radius 1 is 1.30 bits per heavy atom. The number of ether oxygens (including phenoxy) is 1. The third-order valence-corrected chi connectivity index (χ3v) is 3.41. The van der Waals surface area contributed by atoms with Crippen LogP contribution in [-0.2, 0) is 16.0 Å². The van der Waals surface area contributed by atoms with Gasteiger partial charge in [-0.15, -0.1) is 0 Å². The van der Waals surface area contributed by atoms with E-state index in [1.165, 1.54) is 0 Å². The molecular weight excluding hydrogens is 254 g/mol. The molecule has 4 heteroatoms. The summed E-state index contributed by atoms with van der Waals surface area (Å²) in [5.41, 5.74) is 1.78. The summed E-state index contributed by atoms with van der Waals surface area (Å²) in [7, 11) is 0. The van der Waals surface area contributed by atoms with Crippen LogP contribution in [0.1, 0.15) is 33.3 Å². The molecule has 112 valence electrons. The lowest BCUT2D eigenvalue weighted by Crippen LogP contribution is -2.21. The number of carbonyl (C=O) groups excluding carboxylic acids is 1. The fraction of sp³-hybridized carbons (Fsp3) is 0.562. The van der Waals surface area contributed by atoms with Crippen LogP contribution in [0.25, 0.3) is 0 Å². The first-order valence-electron chi connectivity index (χ1n) is 7.26. The van der Waals surface area contributed by atoms with Gasteiger partial charge in [0.05, 0.1) is 12.5 Å². The number of esters is 1. The summed E-state index contributed by atoms with van der Waals surface area (Å²) in [5, 5.41) is 10.1. The van der Waals surface area contributed by atoms with E-state index in [0.717, 1.165) is 24.3 Å². The Labute approximate surface area is 121 Å². The predicted octanol–water partition coefficient (Wildman–Crippen LogP) is 2.98. The van der Waals surface area contributed by atoms with Gasteiger partial charge in [0.25, 0.3) is 0 Å². The topological polar surface area (TPSA) is 49.8 Å². The molecular formula is C16H25NO3. The number of phenols is 1. The van der Waals surface area contributed by atoms with E-state index < -0.39 is 0 Å². The van der Waals surface area contributed by atoms with Gasteiger partial charge in [-0.3, -0.25) is 4.79 Å². The van der Waals surface area contributed by atoms with Crippen molar-refractivity contribution in [1.29, 1.82) is 0 Å². The Morgan fingerprint density at radius 3 is 2.45 bits per heavy atom. The number of hydrogen-bond acceptors (Lipinski definition) is 4. The molecule has 1 atom stereocenters. The standard InChI is InChI=1S/C16H25NO3/c1-5-17(6-2)14-9-8-13(15(18)11-14)10-12(4)16(19)20-7-3/h8-9,11-12,18H,5-7,10H2,1-4H3. The van der Waals surface area contributed by atoms with Crippen molar-refractivity contribution in [3.63, 3.8) is 0 Å². The maximum absolute atomic E-state index is 11.6. The lowest BCUT2D eigenvalue weighted by molar-refractivity contribution is -0.147. The monoisotopic (exact) mass is 279 g/mol. The molecule has 0 aromatic heterocycles. The average molecular weight is 279 g/mol. The van der Waals surface area contributed by atoms with E-state index in [0.29, 0.717) is 13.0 Å². The van der Waals surface area contributed by atoms with Gasteiger partial charge in [0.2, 0.25) is 0 Å². The van der Waals surface area contributed by atoms with Crippen molar-refractivity contribution in [2.75, 3.05) is 24.6 Å². The van der Waals surface area contributed by atoms with Gasteiger partial charge in [0.15, 0.2) is 0 Å². The van der Waals surface area contributed by atoms with E-state index >= 15 is 0 Å². The zero-order valence-corrected chi connectivity index (χ0v) is 12.8. The van der Waals surface area contributed by atoms with Crippen molar-refractivity contribution in [3.8, 4) is 5.75 Å². The molecule has 1 rings (SSSR count). The summed E-state index contributed by atoms with van der Waals surface area (Å²) in [6, 6.07) is 5.64. The minimum absolute atomic E-state index is 0.222. The third kappa shape index (κ3) is 4.15. The van der Waals surface area contributed by atoms with Crippen LogP contribution in [0, 0.1) is 5.92 Å². The van der Waals surface area contributed by atoms with Crippen LogP contribution < -0.4 is 4.90 Å². The molecule has 0 amide bonds. The van der Waals surface area contributed by atoms with Crippen LogP contribution in [0.4, 0.5) is 5.69 Å². The van der Waals surface area contributed by atoms with E-state index in [1.807, 2.05) is 19.1 Å². The van der Waals surface area contributed by atoms with Gasteiger partial charge in [-0.1, -0.05) is 13.0 Å². The maximum atomic E-state index is 11.6. The van der Waals surface area contributed by atoms with Gasteiger partial charge in [-0.25, -0.2) is 0 Å². The highest BCUT2D eigenvalue weighted by Gasteiger charge is 2.17. The van der Waals surface area contributed by atoms with Gasteiger partial charge in [0, 0.05) is 24.8 Å². The van der Waals surface area contributed by atoms with Crippen LogP contribution in [-0.4, -0.2) is 30.8 Å². The molecule has 0 aliphatic heterocycles. The zero-order chi connectivity index (χ0) is 15.1. The second-order valence-electron chi connectivity index (χ2n) is 4.84. The molecule has 1 aromatic rings. The molecule has 1 N–H and O–H groups in total. The lowest BCUT2D eigenvalue weighted by Gasteiger charge is -2.22. The summed E-state index contributed by atoms with van der Waals surface area (Å²) >= 11 is 0. The van der Waals surface area contributed by atoms with Crippen LogP contribution in [0.2, 0.25) is 0 Å². The molecule has 0 saturated heterocycles. The highest BCUT2D eigenvalue weighted by molar-refractivity contribution is 5.72. The Kier molecular flexibility index (Phi) is 6.36. The highest BCUT2D eigenvalue weighted by Crippen LogP contribution is 2.26.